The molecule has 0 spiro atoms. The van der Waals surface area contributed by atoms with E-state index in [4.69, 9.17) is 4.74 Å². The topological polar surface area (TPSA) is 97.0 Å². The highest BCUT2D eigenvalue weighted by Gasteiger charge is 2.23. The summed E-state index contributed by atoms with van der Waals surface area (Å²) in [5, 5.41) is 10.5. The highest BCUT2D eigenvalue weighted by Crippen LogP contribution is 2.29. The molecule has 0 aliphatic heterocycles. The van der Waals surface area contributed by atoms with Gasteiger partial charge in [-0.15, -0.1) is 0 Å². The highest BCUT2D eigenvalue weighted by molar-refractivity contribution is 7.17. The Labute approximate surface area is 125 Å². The number of Topliss-reactive ketones (excluding diaryl/α,β-unsaturated/α-hetero) is 1. The van der Waals surface area contributed by atoms with Gasteiger partial charge in [-0.05, 0) is 20.8 Å². The van der Waals surface area contributed by atoms with E-state index in [1.54, 1.807) is 6.92 Å². The molecule has 112 valence electrons. The van der Waals surface area contributed by atoms with Crippen molar-refractivity contribution in [1.29, 1.82) is 0 Å². The minimum atomic E-state index is -0.590. The van der Waals surface area contributed by atoms with Crippen molar-refractivity contribution >= 4 is 33.9 Å². The maximum absolute atomic E-state index is 11.8. The second-order valence-corrected chi connectivity index (χ2v) is 5.41. The lowest BCUT2D eigenvalue weighted by Crippen LogP contribution is -2.09. The maximum Gasteiger partial charge on any atom is 0.358 e. The molecule has 2 aromatic heterocycles. The van der Waals surface area contributed by atoms with Crippen molar-refractivity contribution in [1.82, 2.24) is 15.2 Å². The molecule has 0 atom stereocenters. The van der Waals surface area contributed by atoms with Gasteiger partial charge in [0.2, 0.25) is 0 Å². The van der Waals surface area contributed by atoms with E-state index in [2.05, 4.69) is 20.5 Å². The summed E-state index contributed by atoms with van der Waals surface area (Å²) >= 11 is 1.12. The van der Waals surface area contributed by atoms with Crippen molar-refractivity contribution in [2.24, 2.45) is 0 Å². The number of hydrogen-bond donors (Lipinski definition) is 2. The Morgan fingerprint density at radius 3 is 2.62 bits per heavy atom. The average Bonchev–Trinajstić information content (AvgIpc) is 2.98. The van der Waals surface area contributed by atoms with Gasteiger partial charge in [-0.25, -0.2) is 9.78 Å². The SMILES string of the molecule is CCOC(=O)c1nc(Nc2c(C)n[nH]c2C)sc1C(C)=O. The molecule has 21 heavy (non-hydrogen) atoms. The number of rotatable bonds is 5. The zero-order valence-electron chi connectivity index (χ0n) is 12.2. The molecule has 0 amide bonds. The van der Waals surface area contributed by atoms with Crippen LogP contribution in [0.3, 0.4) is 0 Å². The molecule has 0 aliphatic rings. The molecule has 0 saturated carbocycles. The fourth-order valence-electron chi connectivity index (χ4n) is 1.79. The Bertz CT molecular complexity index is 670. The molecule has 2 N–H and O–H groups in total. The Morgan fingerprint density at radius 2 is 2.10 bits per heavy atom. The number of ether oxygens (including phenoxy) is 1. The molecule has 0 saturated heterocycles. The van der Waals surface area contributed by atoms with E-state index >= 15 is 0 Å². The van der Waals surface area contributed by atoms with Crippen molar-refractivity contribution in [2.45, 2.75) is 27.7 Å². The Morgan fingerprint density at radius 1 is 1.38 bits per heavy atom. The number of aromatic nitrogens is 3. The van der Waals surface area contributed by atoms with Crippen molar-refractivity contribution in [3.63, 3.8) is 0 Å². The summed E-state index contributed by atoms with van der Waals surface area (Å²) in [6.07, 6.45) is 0. The zero-order chi connectivity index (χ0) is 15.6. The summed E-state index contributed by atoms with van der Waals surface area (Å²) in [5.41, 5.74) is 2.47. The number of thiazole rings is 1. The number of carbonyl (C=O) groups excluding carboxylic acids is 2. The lowest BCUT2D eigenvalue weighted by molar-refractivity contribution is 0.0517. The lowest BCUT2D eigenvalue weighted by Gasteiger charge is -2.01. The van der Waals surface area contributed by atoms with E-state index in [1.165, 1.54) is 6.92 Å². The quantitative estimate of drug-likeness (QED) is 0.651. The van der Waals surface area contributed by atoms with Gasteiger partial charge in [-0.3, -0.25) is 9.89 Å². The van der Waals surface area contributed by atoms with E-state index in [9.17, 15) is 9.59 Å². The molecular weight excluding hydrogens is 292 g/mol. The first-order valence-electron chi connectivity index (χ1n) is 6.41. The van der Waals surface area contributed by atoms with Gasteiger partial charge in [-0.1, -0.05) is 11.3 Å². The van der Waals surface area contributed by atoms with E-state index in [0.29, 0.717) is 5.13 Å². The Hall–Kier alpha value is -2.22. The molecule has 8 heteroatoms. The first-order valence-corrected chi connectivity index (χ1v) is 7.23. The van der Waals surface area contributed by atoms with Gasteiger partial charge in [0, 0.05) is 6.92 Å². The smallest absolute Gasteiger partial charge is 0.358 e. The van der Waals surface area contributed by atoms with Gasteiger partial charge in [0.1, 0.15) is 4.88 Å². The van der Waals surface area contributed by atoms with E-state index in [1.807, 2.05) is 13.8 Å². The third-order valence-electron chi connectivity index (χ3n) is 2.78. The van der Waals surface area contributed by atoms with Crippen LogP contribution in [0.1, 0.15) is 45.4 Å². The van der Waals surface area contributed by atoms with Gasteiger partial charge >= 0.3 is 5.97 Å². The second-order valence-electron chi connectivity index (χ2n) is 4.41. The van der Waals surface area contributed by atoms with Crippen LogP contribution in [0.2, 0.25) is 0 Å². The van der Waals surface area contributed by atoms with Gasteiger partial charge in [0.15, 0.2) is 16.6 Å². The number of hydrogen-bond acceptors (Lipinski definition) is 7. The predicted molar refractivity (Wildman–Crippen MR) is 79.4 cm³/mol. The number of aryl methyl sites for hydroxylation is 2. The van der Waals surface area contributed by atoms with Crippen molar-refractivity contribution < 1.29 is 14.3 Å². The third kappa shape index (κ3) is 3.10. The van der Waals surface area contributed by atoms with Crippen LogP contribution >= 0.6 is 11.3 Å². The van der Waals surface area contributed by atoms with Crippen LogP contribution in [0.25, 0.3) is 0 Å². The number of carbonyl (C=O) groups is 2. The minimum absolute atomic E-state index is 0.0515. The maximum atomic E-state index is 11.8. The summed E-state index contributed by atoms with van der Waals surface area (Å²) in [6.45, 7) is 7.05. The minimum Gasteiger partial charge on any atom is -0.461 e. The molecule has 0 fully saturated rings. The number of ketones is 1. The molecule has 0 radical (unpaired) electrons. The summed E-state index contributed by atoms with van der Waals surface area (Å²) in [7, 11) is 0. The normalized spacial score (nSPS) is 10.5. The number of nitrogens with zero attached hydrogens (tertiary/aromatic N) is 2. The van der Waals surface area contributed by atoms with Crippen molar-refractivity contribution in [3.05, 3.63) is 22.0 Å². The average molecular weight is 308 g/mol. The summed E-state index contributed by atoms with van der Waals surface area (Å²) < 4.78 is 4.92. The van der Waals surface area contributed by atoms with Crippen LogP contribution in [-0.4, -0.2) is 33.5 Å². The number of H-pyrrole nitrogens is 1. The van der Waals surface area contributed by atoms with E-state index in [0.717, 1.165) is 28.4 Å². The fraction of sp³-hybridized carbons (Fsp3) is 0.385. The molecule has 2 rings (SSSR count). The summed E-state index contributed by atoms with van der Waals surface area (Å²) in [4.78, 5) is 27.9. The summed E-state index contributed by atoms with van der Waals surface area (Å²) in [6, 6.07) is 0. The van der Waals surface area contributed by atoms with Gasteiger partial charge in [-0.2, -0.15) is 5.10 Å². The Kier molecular flexibility index (Phi) is 4.37. The third-order valence-corrected chi connectivity index (χ3v) is 3.85. The van der Waals surface area contributed by atoms with Gasteiger partial charge < -0.3 is 10.1 Å². The van der Waals surface area contributed by atoms with E-state index < -0.39 is 5.97 Å². The summed E-state index contributed by atoms with van der Waals surface area (Å²) in [5.74, 6) is -0.808. The highest BCUT2D eigenvalue weighted by atomic mass is 32.1. The predicted octanol–water partition coefficient (Wildman–Crippen LogP) is 2.61. The number of aromatic amines is 1. The Balaban J connectivity index is 2.36. The fourth-order valence-corrected chi connectivity index (χ4v) is 2.64. The first-order chi connectivity index (χ1) is 9.93. The van der Waals surface area contributed by atoms with Crippen molar-refractivity contribution in [3.8, 4) is 0 Å². The molecule has 0 aromatic carbocycles. The zero-order valence-corrected chi connectivity index (χ0v) is 13.1. The van der Waals surface area contributed by atoms with Crippen LogP contribution in [-0.2, 0) is 4.74 Å². The monoisotopic (exact) mass is 308 g/mol. The number of anilines is 2. The number of esters is 1. The molecule has 0 bridgehead atoms. The standard InChI is InChI=1S/C13H16N4O3S/c1-5-20-12(19)10-11(8(4)18)21-13(15-10)14-9-6(2)16-17-7(9)3/h5H2,1-4H3,(H,14,15)(H,16,17). The van der Waals surface area contributed by atoms with Crippen LogP contribution in [0.15, 0.2) is 0 Å². The first kappa shape index (κ1) is 15.2. The van der Waals surface area contributed by atoms with Crippen LogP contribution in [0, 0.1) is 13.8 Å². The van der Waals surface area contributed by atoms with Crippen LogP contribution in [0.5, 0.6) is 0 Å². The van der Waals surface area contributed by atoms with E-state index in [-0.39, 0.29) is 23.0 Å². The molecule has 2 aromatic rings. The molecular formula is C13H16N4O3S. The number of nitrogens with one attached hydrogen (secondary N) is 2. The van der Waals surface area contributed by atoms with Crippen LogP contribution < -0.4 is 5.32 Å². The molecule has 0 aliphatic carbocycles. The second kappa shape index (κ2) is 6.04. The van der Waals surface area contributed by atoms with Gasteiger partial charge in [0.05, 0.1) is 23.7 Å². The molecule has 0 unspecified atom stereocenters. The van der Waals surface area contributed by atoms with Crippen LogP contribution in [0.4, 0.5) is 10.8 Å². The van der Waals surface area contributed by atoms with Gasteiger partial charge in [0.25, 0.3) is 0 Å². The molecule has 7 nitrogen and oxygen atoms in total. The molecule has 2 heterocycles. The largest absolute Gasteiger partial charge is 0.461 e. The lowest BCUT2D eigenvalue weighted by atomic mass is 10.3. The van der Waals surface area contributed by atoms with Crippen molar-refractivity contribution in [2.75, 3.05) is 11.9 Å².